The number of ether oxygens (including phenoxy) is 2. The number of pyridine rings is 1. The maximum absolute atomic E-state index is 12.9. The fourth-order valence-electron chi connectivity index (χ4n) is 3.02. The second-order valence-electron chi connectivity index (χ2n) is 6.28. The maximum atomic E-state index is 12.9. The first-order chi connectivity index (χ1) is 15.4. The monoisotopic (exact) mass is 464 g/mol. The lowest BCUT2D eigenvalue weighted by Crippen LogP contribution is -2.26. The molecule has 0 amide bonds. The molecular weight excluding hydrogens is 448 g/mol. The molecule has 0 bridgehead atoms. The fraction of sp³-hybridized carbons (Fsp3) is 0.190. The molecule has 1 aliphatic rings. The minimum atomic E-state index is -0.738. The van der Waals surface area contributed by atoms with Crippen molar-refractivity contribution in [2.24, 2.45) is 5.73 Å². The number of thiophene rings is 1. The molecule has 4 N–H and O–H groups in total. The van der Waals surface area contributed by atoms with Crippen molar-refractivity contribution < 1.29 is 14.3 Å². The van der Waals surface area contributed by atoms with Crippen LogP contribution in [-0.4, -0.2) is 23.3 Å². The number of rotatable bonds is 6. The number of allylic oxidation sites excluding steroid dienone is 1. The molecule has 0 aromatic carbocycles. The van der Waals surface area contributed by atoms with Gasteiger partial charge in [0, 0.05) is 4.88 Å². The molecule has 0 radical (unpaired) electrons. The minimum Gasteiger partial charge on any atom is -0.463 e. The lowest BCUT2D eigenvalue weighted by molar-refractivity contribution is -0.139. The molecule has 0 saturated carbocycles. The van der Waals surface area contributed by atoms with E-state index in [-0.39, 0.29) is 57.1 Å². The Morgan fingerprint density at radius 1 is 1.28 bits per heavy atom. The molecule has 1 aliphatic heterocycles. The van der Waals surface area contributed by atoms with Gasteiger partial charge in [0.2, 0.25) is 5.88 Å². The number of nitriles is 3. The standard InChI is InChI=1S/C21H16N6O3S2/c1-2-29-21(28)17-14(10-32-20-12(8-23)6-11(7-22)18(25)27-20)30-19(26)13(9-24)16(17)15-4-3-5-31-15/h3-6,16H,2,10,26H2,1H3,(H2,25,27). The van der Waals surface area contributed by atoms with Gasteiger partial charge in [-0.15, -0.1) is 11.3 Å². The van der Waals surface area contributed by atoms with Gasteiger partial charge in [0.25, 0.3) is 0 Å². The first-order valence-corrected chi connectivity index (χ1v) is 11.1. The lowest BCUT2D eigenvalue weighted by Gasteiger charge is -2.27. The van der Waals surface area contributed by atoms with Crippen LogP contribution in [0.25, 0.3) is 0 Å². The summed E-state index contributed by atoms with van der Waals surface area (Å²) in [6, 6.07) is 10.9. The molecule has 9 nitrogen and oxygen atoms in total. The number of nitrogen functional groups attached to an aromatic ring is 1. The quantitative estimate of drug-likeness (QED) is 0.478. The van der Waals surface area contributed by atoms with Crippen LogP contribution in [0.15, 0.2) is 51.4 Å². The number of hydrogen-bond acceptors (Lipinski definition) is 11. The molecule has 0 saturated heterocycles. The van der Waals surface area contributed by atoms with E-state index < -0.39 is 11.9 Å². The summed E-state index contributed by atoms with van der Waals surface area (Å²) < 4.78 is 10.9. The van der Waals surface area contributed by atoms with Gasteiger partial charge >= 0.3 is 5.97 Å². The average molecular weight is 465 g/mol. The number of anilines is 1. The number of aromatic nitrogens is 1. The number of carbonyl (C=O) groups is 1. The van der Waals surface area contributed by atoms with Crippen molar-refractivity contribution in [1.29, 1.82) is 15.8 Å². The summed E-state index contributed by atoms with van der Waals surface area (Å²) in [6.45, 7) is 1.81. The number of thioether (sulfide) groups is 1. The van der Waals surface area contributed by atoms with Crippen molar-refractivity contribution in [3.05, 3.63) is 62.4 Å². The van der Waals surface area contributed by atoms with Crippen molar-refractivity contribution in [2.45, 2.75) is 17.9 Å². The lowest BCUT2D eigenvalue weighted by atomic mass is 9.87. The number of nitrogens with two attached hydrogens (primary N) is 2. The van der Waals surface area contributed by atoms with Gasteiger partial charge in [0.1, 0.15) is 40.4 Å². The van der Waals surface area contributed by atoms with Crippen LogP contribution < -0.4 is 11.5 Å². The van der Waals surface area contributed by atoms with E-state index in [1.54, 1.807) is 19.1 Å². The van der Waals surface area contributed by atoms with Crippen LogP contribution in [0.2, 0.25) is 0 Å². The molecule has 1 unspecified atom stereocenters. The molecule has 11 heteroatoms. The summed E-state index contributed by atoms with van der Waals surface area (Å²) >= 11 is 2.46. The minimum absolute atomic E-state index is 0.0132. The molecule has 3 heterocycles. The summed E-state index contributed by atoms with van der Waals surface area (Å²) in [5.74, 6) is -1.24. The Hall–Kier alpha value is -3.98. The molecule has 0 fully saturated rings. The van der Waals surface area contributed by atoms with Gasteiger partial charge in [0.05, 0.1) is 35.0 Å². The Kier molecular flexibility index (Phi) is 7.01. The Labute approximate surface area is 192 Å². The largest absolute Gasteiger partial charge is 0.463 e. The average Bonchev–Trinajstić information content (AvgIpc) is 3.31. The maximum Gasteiger partial charge on any atom is 0.338 e. The Balaban J connectivity index is 2.06. The third-order valence-electron chi connectivity index (χ3n) is 4.42. The van der Waals surface area contributed by atoms with Crippen molar-refractivity contribution >= 4 is 34.9 Å². The fourth-order valence-corrected chi connectivity index (χ4v) is 4.77. The number of carbonyl (C=O) groups excluding carboxylic acids is 1. The van der Waals surface area contributed by atoms with E-state index in [1.165, 1.54) is 17.4 Å². The van der Waals surface area contributed by atoms with Crippen molar-refractivity contribution in [2.75, 3.05) is 18.1 Å². The second kappa shape index (κ2) is 9.88. The summed E-state index contributed by atoms with van der Waals surface area (Å²) in [7, 11) is 0. The first-order valence-electron chi connectivity index (χ1n) is 9.19. The molecular formula is C21H16N6O3S2. The molecule has 160 valence electrons. The SMILES string of the molecule is CCOC(=O)C1=C(CSc2nc(N)c(C#N)cc2C#N)OC(N)=C(C#N)C1c1cccs1. The van der Waals surface area contributed by atoms with Crippen LogP contribution in [0, 0.1) is 34.0 Å². The summed E-state index contributed by atoms with van der Waals surface area (Å²) in [6.07, 6.45) is 0. The van der Waals surface area contributed by atoms with Crippen molar-refractivity contribution in [1.82, 2.24) is 4.98 Å². The first kappa shape index (κ1) is 22.7. The molecule has 1 atom stereocenters. The highest BCUT2D eigenvalue weighted by atomic mass is 32.2. The van der Waals surface area contributed by atoms with Crippen LogP contribution >= 0.6 is 23.1 Å². The predicted octanol–water partition coefficient (Wildman–Crippen LogP) is 2.89. The topological polar surface area (TPSA) is 172 Å². The normalized spacial score (nSPS) is 15.4. The zero-order valence-corrected chi connectivity index (χ0v) is 18.4. The summed E-state index contributed by atoms with van der Waals surface area (Å²) in [5, 5.41) is 30.3. The summed E-state index contributed by atoms with van der Waals surface area (Å²) in [5.41, 5.74) is 12.3. The highest BCUT2D eigenvalue weighted by Gasteiger charge is 2.38. The van der Waals surface area contributed by atoms with E-state index in [1.807, 2.05) is 23.6 Å². The van der Waals surface area contributed by atoms with E-state index in [4.69, 9.17) is 26.2 Å². The molecule has 2 aromatic heterocycles. The van der Waals surface area contributed by atoms with E-state index in [9.17, 15) is 15.3 Å². The van der Waals surface area contributed by atoms with E-state index >= 15 is 0 Å². The van der Waals surface area contributed by atoms with Crippen LogP contribution in [0.1, 0.15) is 28.8 Å². The summed E-state index contributed by atoms with van der Waals surface area (Å²) in [4.78, 5) is 17.8. The van der Waals surface area contributed by atoms with Crippen LogP contribution in [-0.2, 0) is 14.3 Å². The predicted molar refractivity (Wildman–Crippen MR) is 117 cm³/mol. The van der Waals surface area contributed by atoms with Gasteiger partial charge in [-0.05, 0) is 24.4 Å². The number of nitrogens with zero attached hydrogens (tertiary/aromatic N) is 4. The zero-order chi connectivity index (χ0) is 23.3. The highest BCUT2D eigenvalue weighted by molar-refractivity contribution is 7.99. The van der Waals surface area contributed by atoms with E-state index in [0.29, 0.717) is 0 Å². The molecule has 32 heavy (non-hydrogen) atoms. The van der Waals surface area contributed by atoms with Crippen LogP contribution in [0.3, 0.4) is 0 Å². The zero-order valence-electron chi connectivity index (χ0n) is 16.8. The molecule has 0 spiro atoms. The Bertz CT molecular complexity index is 1250. The van der Waals surface area contributed by atoms with Crippen LogP contribution in [0.4, 0.5) is 5.82 Å². The molecule has 0 aliphatic carbocycles. The van der Waals surface area contributed by atoms with Crippen LogP contribution in [0.5, 0.6) is 0 Å². The van der Waals surface area contributed by atoms with Gasteiger partial charge in [-0.2, -0.15) is 15.8 Å². The molecule has 2 aromatic rings. The molecule has 3 rings (SSSR count). The number of hydrogen-bond donors (Lipinski definition) is 2. The van der Waals surface area contributed by atoms with Crippen molar-refractivity contribution in [3.63, 3.8) is 0 Å². The highest BCUT2D eigenvalue weighted by Crippen LogP contribution is 2.42. The Morgan fingerprint density at radius 2 is 2.03 bits per heavy atom. The Morgan fingerprint density at radius 3 is 2.62 bits per heavy atom. The van der Waals surface area contributed by atoms with Crippen molar-refractivity contribution in [3.8, 4) is 18.2 Å². The number of esters is 1. The van der Waals surface area contributed by atoms with E-state index in [2.05, 4.69) is 4.98 Å². The van der Waals surface area contributed by atoms with Gasteiger partial charge < -0.3 is 20.9 Å². The smallest absolute Gasteiger partial charge is 0.338 e. The van der Waals surface area contributed by atoms with Gasteiger partial charge in [0.15, 0.2) is 0 Å². The third-order valence-corrected chi connectivity index (χ3v) is 6.35. The van der Waals surface area contributed by atoms with Gasteiger partial charge in [-0.1, -0.05) is 17.8 Å². The van der Waals surface area contributed by atoms with Gasteiger partial charge in [-0.3, -0.25) is 0 Å². The third kappa shape index (κ3) is 4.37. The van der Waals surface area contributed by atoms with Gasteiger partial charge in [-0.25, -0.2) is 9.78 Å². The van der Waals surface area contributed by atoms with E-state index in [0.717, 1.165) is 16.6 Å². The second-order valence-corrected chi connectivity index (χ2v) is 8.23.